The number of hydrogen-bond donors (Lipinski definition) is 0. The Hall–Kier alpha value is -0.520. The molecule has 10 heavy (non-hydrogen) atoms. The van der Waals surface area contributed by atoms with Crippen molar-refractivity contribution >= 4 is 0 Å². The van der Waals surface area contributed by atoms with Crippen molar-refractivity contribution in [1.29, 1.82) is 0 Å². The summed E-state index contributed by atoms with van der Waals surface area (Å²) in [6.45, 7) is 5.90. The van der Waals surface area contributed by atoms with Crippen molar-refractivity contribution in [1.82, 2.24) is 0 Å². The predicted octanol–water partition coefficient (Wildman–Crippen LogP) is 3.51. The molecule has 0 heteroatoms. The molecule has 0 atom stereocenters. The summed E-state index contributed by atoms with van der Waals surface area (Å²) in [5, 5.41) is 0. The largest absolute Gasteiger partial charge is 0.0882 e. The minimum atomic E-state index is 0.904. The molecule has 0 aliphatic rings. The maximum Gasteiger partial charge on any atom is -0.0169 e. The van der Waals surface area contributed by atoms with E-state index in [1.165, 1.54) is 12.8 Å². The first-order valence-electron chi connectivity index (χ1n) is 4.01. The predicted molar refractivity (Wildman–Crippen MR) is 47.8 cm³/mol. The van der Waals surface area contributed by atoms with E-state index in [-0.39, 0.29) is 0 Å². The van der Waals surface area contributed by atoms with Crippen LogP contribution < -0.4 is 0 Å². The van der Waals surface area contributed by atoms with Gasteiger partial charge in [-0.3, -0.25) is 0 Å². The van der Waals surface area contributed by atoms with Gasteiger partial charge < -0.3 is 0 Å². The fraction of sp³-hybridized carbons (Fsp3) is 0.500. The average Bonchev–Trinajstić information content (AvgIpc) is 1.97. The zero-order valence-corrected chi connectivity index (χ0v) is 6.84. The Morgan fingerprint density at radius 2 is 1.80 bits per heavy atom. The maximum atomic E-state index is 3.71. The van der Waals surface area contributed by atoms with Crippen LogP contribution in [-0.4, -0.2) is 0 Å². The Morgan fingerprint density at radius 3 is 2.40 bits per heavy atom. The first kappa shape index (κ1) is 9.48. The monoisotopic (exact) mass is 137 g/mol. The van der Waals surface area contributed by atoms with Gasteiger partial charge in [-0.1, -0.05) is 37.6 Å². The summed E-state index contributed by atoms with van der Waals surface area (Å²) in [5.74, 6) is 0. The molecule has 0 aliphatic carbocycles. The van der Waals surface area contributed by atoms with Crippen molar-refractivity contribution in [2.45, 2.75) is 32.6 Å². The van der Waals surface area contributed by atoms with Crippen LogP contribution in [0.2, 0.25) is 0 Å². The van der Waals surface area contributed by atoms with Gasteiger partial charge in [-0.05, 0) is 26.2 Å². The van der Waals surface area contributed by atoms with Crippen molar-refractivity contribution in [3.05, 3.63) is 31.2 Å². The van der Waals surface area contributed by atoms with Crippen LogP contribution in [0.5, 0.6) is 0 Å². The molecule has 57 valence electrons. The van der Waals surface area contributed by atoms with Crippen molar-refractivity contribution in [3.63, 3.8) is 0 Å². The first-order valence-corrected chi connectivity index (χ1v) is 4.01. The zero-order valence-electron chi connectivity index (χ0n) is 6.84. The molecule has 1 radical (unpaired) electrons. The van der Waals surface area contributed by atoms with Crippen LogP contribution in [0.25, 0.3) is 0 Å². The second kappa shape index (κ2) is 8.48. The Balaban J connectivity index is 3.09. The first-order chi connectivity index (χ1) is 4.91. The van der Waals surface area contributed by atoms with E-state index in [1.807, 2.05) is 0 Å². The molecule has 0 heterocycles. The smallest absolute Gasteiger partial charge is 0.0169 e. The number of rotatable bonds is 5. The van der Waals surface area contributed by atoms with E-state index in [4.69, 9.17) is 0 Å². The maximum absolute atomic E-state index is 3.71. The van der Waals surface area contributed by atoms with Crippen LogP contribution >= 0.6 is 0 Å². The molecule has 0 aromatic carbocycles. The summed E-state index contributed by atoms with van der Waals surface area (Å²) >= 11 is 0. The molecule has 0 spiro atoms. The third-order valence-electron chi connectivity index (χ3n) is 1.23. The lowest BCUT2D eigenvalue weighted by atomic mass is 10.2. The Bertz CT molecular complexity index is 98.6. The molecule has 0 unspecified atom stereocenters. The van der Waals surface area contributed by atoms with Gasteiger partial charge >= 0.3 is 0 Å². The summed E-state index contributed by atoms with van der Waals surface area (Å²) in [6.07, 6.45) is 13.1. The molecule has 0 aromatic heterocycles. The highest BCUT2D eigenvalue weighted by Gasteiger charge is 1.71. The summed E-state index contributed by atoms with van der Waals surface area (Å²) in [7, 11) is 0. The van der Waals surface area contributed by atoms with Crippen molar-refractivity contribution in [2.75, 3.05) is 0 Å². The van der Waals surface area contributed by atoms with Gasteiger partial charge in [0.05, 0.1) is 0 Å². The van der Waals surface area contributed by atoms with E-state index in [9.17, 15) is 0 Å². The Labute approximate surface area is 64.6 Å². The Morgan fingerprint density at radius 1 is 1.10 bits per heavy atom. The van der Waals surface area contributed by atoms with Crippen LogP contribution in [0.15, 0.2) is 24.3 Å². The number of allylic oxidation sites excluding steroid dienone is 4. The second-order valence-corrected chi connectivity index (χ2v) is 2.26. The minimum absolute atomic E-state index is 0.904. The summed E-state index contributed by atoms with van der Waals surface area (Å²) in [4.78, 5) is 0. The van der Waals surface area contributed by atoms with Crippen molar-refractivity contribution < 1.29 is 0 Å². The summed E-state index contributed by atoms with van der Waals surface area (Å²) in [6, 6.07) is 0. The lowest BCUT2D eigenvalue weighted by Gasteiger charge is -1.83. The number of unbranched alkanes of at least 4 members (excludes halogenated alkanes) is 1. The van der Waals surface area contributed by atoms with Gasteiger partial charge in [0.2, 0.25) is 0 Å². The van der Waals surface area contributed by atoms with Crippen LogP contribution in [-0.2, 0) is 0 Å². The number of hydrogen-bond acceptors (Lipinski definition) is 0. The van der Waals surface area contributed by atoms with Gasteiger partial charge in [-0.25, -0.2) is 0 Å². The van der Waals surface area contributed by atoms with Crippen LogP contribution in [0.1, 0.15) is 32.6 Å². The van der Waals surface area contributed by atoms with E-state index < -0.39 is 0 Å². The highest BCUT2D eigenvalue weighted by molar-refractivity contribution is 4.92. The molecule has 0 aliphatic heterocycles. The normalized spacial score (nSPS) is 11.8. The van der Waals surface area contributed by atoms with Gasteiger partial charge in [0.1, 0.15) is 0 Å². The minimum Gasteiger partial charge on any atom is -0.0882 e. The molecule has 0 saturated carbocycles. The lowest BCUT2D eigenvalue weighted by molar-refractivity contribution is 0.954. The highest BCUT2D eigenvalue weighted by atomic mass is 13.8. The van der Waals surface area contributed by atoms with Crippen LogP contribution in [0.4, 0.5) is 0 Å². The van der Waals surface area contributed by atoms with E-state index in [1.54, 1.807) is 0 Å². The van der Waals surface area contributed by atoms with Crippen molar-refractivity contribution in [2.24, 2.45) is 0 Å². The third-order valence-corrected chi connectivity index (χ3v) is 1.23. The SMILES string of the molecule is [CH2]CC=CCC=CCCC. The second-order valence-electron chi connectivity index (χ2n) is 2.26. The Kier molecular flexibility index (Phi) is 8.04. The quantitative estimate of drug-likeness (QED) is 0.509. The van der Waals surface area contributed by atoms with Gasteiger partial charge in [-0.15, -0.1) is 0 Å². The molecule has 0 aromatic rings. The molecule has 0 saturated heterocycles. The topological polar surface area (TPSA) is 0 Å². The average molecular weight is 137 g/mol. The molecule has 0 nitrogen and oxygen atoms in total. The molecule has 0 N–H and O–H groups in total. The van der Waals surface area contributed by atoms with Gasteiger partial charge in [0.15, 0.2) is 0 Å². The molecule has 0 rings (SSSR count). The fourth-order valence-electron chi connectivity index (χ4n) is 0.673. The standard InChI is InChI=1S/C10H17/c1-3-5-7-9-10-8-6-4-2/h5,7-8,10H,1,3-4,6,9H2,2H3. The van der Waals surface area contributed by atoms with E-state index in [0.29, 0.717) is 0 Å². The van der Waals surface area contributed by atoms with Gasteiger partial charge in [-0.2, -0.15) is 0 Å². The van der Waals surface area contributed by atoms with E-state index in [2.05, 4.69) is 38.2 Å². The third kappa shape index (κ3) is 7.48. The van der Waals surface area contributed by atoms with Crippen molar-refractivity contribution in [3.8, 4) is 0 Å². The van der Waals surface area contributed by atoms with Gasteiger partial charge in [0, 0.05) is 0 Å². The van der Waals surface area contributed by atoms with E-state index >= 15 is 0 Å². The molecule has 0 amide bonds. The van der Waals surface area contributed by atoms with E-state index in [0.717, 1.165) is 12.8 Å². The summed E-state index contributed by atoms with van der Waals surface area (Å²) in [5.41, 5.74) is 0. The van der Waals surface area contributed by atoms with Gasteiger partial charge in [0.25, 0.3) is 0 Å². The molecular weight excluding hydrogens is 120 g/mol. The highest BCUT2D eigenvalue weighted by Crippen LogP contribution is 1.92. The molecule has 0 bridgehead atoms. The lowest BCUT2D eigenvalue weighted by Crippen LogP contribution is -1.62. The van der Waals surface area contributed by atoms with Crippen LogP contribution in [0.3, 0.4) is 0 Å². The zero-order chi connectivity index (χ0) is 7.66. The molecule has 0 fully saturated rings. The fourth-order valence-corrected chi connectivity index (χ4v) is 0.673. The summed E-state index contributed by atoms with van der Waals surface area (Å²) < 4.78 is 0. The van der Waals surface area contributed by atoms with Crippen LogP contribution in [0, 0.1) is 6.92 Å². The molecular formula is C10H17.